The van der Waals surface area contributed by atoms with Crippen molar-refractivity contribution in [1.82, 2.24) is 10.2 Å². The first-order valence-corrected chi connectivity index (χ1v) is 7.42. The summed E-state index contributed by atoms with van der Waals surface area (Å²) in [7, 11) is 0. The summed E-state index contributed by atoms with van der Waals surface area (Å²) in [6.07, 6.45) is 3.24. The summed E-state index contributed by atoms with van der Waals surface area (Å²) in [5, 5.41) is 3.55. The van der Waals surface area contributed by atoms with Crippen molar-refractivity contribution in [3.63, 3.8) is 0 Å². The van der Waals surface area contributed by atoms with Crippen LogP contribution >= 0.6 is 0 Å². The van der Waals surface area contributed by atoms with Crippen molar-refractivity contribution >= 4 is 5.91 Å². The van der Waals surface area contributed by atoms with E-state index in [0.717, 1.165) is 25.8 Å². The lowest BCUT2D eigenvalue weighted by Crippen LogP contribution is -2.44. The molecular formula is C15H30N2O. The molecule has 18 heavy (non-hydrogen) atoms. The molecule has 3 atom stereocenters. The fourth-order valence-electron chi connectivity index (χ4n) is 2.53. The number of amides is 1. The van der Waals surface area contributed by atoms with Crippen molar-refractivity contribution in [3.05, 3.63) is 0 Å². The van der Waals surface area contributed by atoms with Gasteiger partial charge in [-0.15, -0.1) is 0 Å². The SMILES string of the molecule is CCC(C)CN1C(=O)C(C)(CC)NC1CC(C)C. The van der Waals surface area contributed by atoms with Crippen LogP contribution in [0, 0.1) is 11.8 Å². The lowest BCUT2D eigenvalue weighted by Gasteiger charge is -2.27. The molecule has 0 aromatic heterocycles. The molecule has 3 nitrogen and oxygen atoms in total. The Kier molecular flexibility index (Phi) is 5.20. The van der Waals surface area contributed by atoms with Crippen molar-refractivity contribution in [2.75, 3.05) is 6.54 Å². The van der Waals surface area contributed by atoms with Crippen LogP contribution in [0.5, 0.6) is 0 Å². The second-order valence-electron chi connectivity index (χ2n) is 6.45. The van der Waals surface area contributed by atoms with Crippen molar-refractivity contribution in [2.45, 2.75) is 72.5 Å². The molecule has 1 amide bonds. The Morgan fingerprint density at radius 1 is 1.33 bits per heavy atom. The van der Waals surface area contributed by atoms with Gasteiger partial charge in [0.05, 0.1) is 11.7 Å². The first-order chi connectivity index (χ1) is 8.34. The molecule has 0 spiro atoms. The van der Waals surface area contributed by atoms with Gasteiger partial charge in [-0.2, -0.15) is 0 Å². The van der Waals surface area contributed by atoms with Gasteiger partial charge in [0.25, 0.3) is 0 Å². The fourth-order valence-corrected chi connectivity index (χ4v) is 2.53. The number of nitrogens with zero attached hydrogens (tertiary/aromatic N) is 1. The van der Waals surface area contributed by atoms with Crippen molar-refractivity contribution in [2.24, 2.45) is 11.8 Å². The van der Waals surface area contributed by atoms with E-state index in [0.29, 0.717) is 11.8 Å². The van der Waals surface area contributed by atoms with Crippen LogP contribution in [0.3, 0.4) is 0 Å². The van der Waals surface area contributed by atoms with Gasteiger partial charge in [-0.25, -0.2) is 0 Å². The monoisotopic (exact) mass is 254 g/mol. The summed E-state index contributed by atoms with van der Waals surface area (Å²) in [5.41, 5.74) is -0.354. The second kappa shape index (κ2) is 6.05. The number of carbonyl (C=O) groups excluding carboxylic acids is 1. The minimum absolute atomic E-state index is 0.219. The van der Waals surface area contributed by atoms with Gasteiger partial charge in [0, 0.05) is 6.54 Å². The van der Waals surface area contributed by atoms with Crippen LogP contribution in [0.1, 0.15) is 60.8 Å². The van der Waals surface area contributed by atoms with Crippen LogP contribution in [0.4, 0.5) is 0 Å². The fraction of sp³-hybridized carbons (Fsp3) is 0.933. The summed E-state index contributed by atoms with van der Waals surface area (Å²) >= 11 is 0. The van der Waals surface area contributed by atoms with E-state index < -0.39 is 0 Å². The molecule has 1 rings (SSSR count). The van der Waals surface area contributed by atoms with Gasteiger partial charge in [-0.3, -0.25) is 10.1 Å². The maximum atomic E-state index is 12.6. The maximum absolute atomic E-state index is 12.6. The van der Waals surface area contributed by atoms with Crippen LogP contribution < -0.4 is 5.32 Å². The zero-order valence-corrected chi connectivity index (χ0v) is 12.9. The Labute approximate surface area is 112 Å². The average molecular weight is 254 g/mol. The molecule has 0 aromatic rings. The Balaban J connectivity index is 2.83. The van der Waals surface area contributed by atoms with E-state index in [9.17, 15) is 4.79 Å². The topological polar surface area (TPSA) is 32.3 Å². The van der Waals surface area contributed by atoms with Gasteiger partial charge < -0.3 is 4.90 Å². The van der Waals surface area contributed by atoms with E-state index in [1.807, 2.05) is 6.92 Å². The number of hydrogen-bond acceptors (Lipinski definition) is 2. The Hall–Kier alpha value is -0.570. The molecule has 0 radical (unpaired) electrons. The summed E-state index contributed by atoms with van der Waals surface area (Å²) < 4.78 is 0. The van der Waals surface area contributed by atoms with Crippen LogP contribution in [0.25, 0.3) is 0 Å². The number of carbonyl (C=O) groups is 1. The Morgan fingerprint density at radius 3 is 2.39 bits per heavy atom. The molecule has 0 aliphatic carbocycles. The Bertz CT molecular complexity index is 290. The number of nitrogens with one attached hydrogen (secondary N) is 1. The lowest BCUT2D eigenvalue weighted by atomic mass is 9.99. The second-order valence-corrected chi connectivity index (χ2v) is 6.45. The summed E-state index contributed by atoms with van der Waals surface area (Å²) in [6, 6.07) is 0. The highest BCUT2D eigenvalue weighted by molar-refractivity contribution is 5.88. The van der Waals surface area contributed by atoms with Crippen molar-refractivity contribution in [3.8, 4) is 0 Å². The summed E-state index contributed by atoms with van der Waals surface area (Å²) in [5.74, 6) is 1.47. The molecule has 1 heterocycles. The first kappa shape index (κ1) is 15.5. The van der Waals surface area contributed by atoms with Crippen molar-refractivity contribution < 1.29 is 4.79 Å². The van der Waals surface area contributed by atoms with E-state index in [4.69, 9.17) is 0 Å². The minimum atomic E-state index is -0.354. The van der Waals surface area contributed by atoms with Gasteiger partial charge in [0.1, 0.15) is 0 Å². The molecule has 1 aliphatic heterocycles. The maximum Gasteiger partial charge on any atom is 0.243 e. The molecule has 106 valence electrons. The molecule has 1 aliphatic rings. The van der Waals surface area contributed by atoms with E-state index >= 15 is 0 Å². The zero-order chi connectivity index (χ0) is 13.9. The average Bonchev–Trinajstić information content (AvgIpc) is 2.53. The normalized spacial score (nSPS) is 30.3. The van der Waals surface area contributed by atoms with Gasteiger partial charge in [0.15, 0.2) is 0 Å². The van der Waals surface area contributed by atoms with Crippen molar-refractivity contribution in [1.29, 1.82) is 0 Å². The third kappa shape index (κ3) is 3.25. The Morgan fingerprint density at radius 2 is 1.94 bits per heavy atom. The lowest BCUT2D eigenvalue weighted by molar-refractivity contribution is -0.133. The molecular weight excluding hydrogens is 224 g/mol. The summed E-state index contributed by atoms with van der Waals surface area (Å²) in [4.78, 5) is 14.6. The van der Waals surface area contributed by atoms with Crippen LogP contribution in [0.15, 0.2) is 0 Å². The van der Waals surface area contributed by atoms with Gasteiger partial charge in [-0.05, 0) is 31.6 Å². The predicted molar refractivity (Wildman–Crippen MR) is 76.2 cm³/mol. The smallest absolute Gasteiger partial charge is 0.243 e. The third-order valence-electron chi connectivity index (χ3n) is 4.20. The van der Waals surface area contributed by atoms with Gasteiger partial charge >= 0.3 is 0 Å². The molecule has 1 fully saturated rings. The van der Waals surface area contributed by atoms with Crippen LogP contribution in [0.2, 0.25) is 0 Å². The predicted octanol–water partition coefficient (Wildman–Crippen LogP) is 3.01. The molecule has 1 saturated heterocycles. The first-order valence-electron chi connectivity index (χ1n) is 7.42. The van der Waals surface area contributed by atoms with Crippen LogP contribution in [-0.2, 0) is 4.79 Å². The quantitative estimate of drug-likeness (QED) is 0.790. The molecule has 3 unspecified atom stereocenters. The number of rotatable bonds is 6. The highest BCUT2D eigenvalue weighted by atomic mass is 16.2. The van der Waals surface area contributed by atoms with E-state index in [1.54, 1.807) is 0 Å². The highest BCUT2D eigenvalue weighted by Crippen LogP contribution is 2.27. The van der Waals surface area contributed by atoms with E-state index in [2.05, 4.69) is 44.8 Å². The summed E-state index contributed by atoms with van der Waals surface area (Å²) in [6.45, 7) is 13.9. The highest BCUT2D eigenvalue weighted by Gasteiger charge is 2.46. The minimum Gasteiger partial charge on any atom is -0.325 e. The molecule has 0 aromatic carbocycles. The molecule has 1 N–H and O–H groups in total. The van der Waals surface area contributed by atoms with Gasteiger partial charge in [-0.1, -0.05) is 41.0 Å². The number of hydrogen-bond donors (Lipinski definition) is 1. The zero-order valence-electron chi connectivity index (χ0n) is 12.9. The molecule has 3 heteroatoms. The standard InChI is InChI=1S/C15H30N2O/c1-7-12(5)10-17-13(9-11(3)4)16-15(6,8-2)14(17)18/h11-13,16H,7-10H2,1-6H3. The van der Waals surface area contributed by atoms with E-state index in [-0.39, 0.29) is 17.6 Å². The third-order valence-corrected chi connectivity index (χ3v) is 4.20. The van der Waals surface area contributed by atoms with E-state index in [1.165, 1.54) is 0 Å². The molecule has 0 saturated carbocycles. The largest absolute Gasteiger partial charge is 0.325 e. The molecule has 0 bridgehead atoms. The van der Waals surface area contributed by atoms with Crippen LogP contribution in [-0.4, -0.2) is 29.1 Å². The van der Waals surface area contributed by atoms with Gasteiger partial charge in [0.2, 0.25) is 5.91 Å².